The van der Waals surface area contributed by atoms with Crippen molar-refractivity contribution in [3.05, 3.63) is 84.7 Å². The fraction of sp³-hybridized carbons (Fsp3) is 0.0435. The Bertz CT molecular complexity index is 1220. The lowest BCUT2D eigenvalue weighted by Gasteiger charge is -2.10. The molecule has 0 saturated heterocycles. The smallest absolute Gasteiger partial charge is 0.255 e. The van der Waals surface area contributed by atoms with Crippen LogP contribution in [0.4, 0.5) is 23.0 Å². The van der Waals surface area contributed by atoms with Crippen LogP contribution in [0.3, 0.4) is 0 Å². The molecule has 0 radical (unpaired) electrons. The zero-order valence-electron chi connectivity index (χ0n) is 16.2. The minimum atomic E-state index is -0.265. The molecule has 0 unspecified atom stereocenters. The normalized spacial score (nSPS) is 10.4. The minimum absolute atomic E-state index is 0.149. The molecule has 2 amide bonds. The Balaban J connectivity index is 1.50. The summed E-state index contributed by atoms with van der Waals surface area (Å²) >= 11 is 0. The van der Waals surface area contributed by atoms with Crippen molar-refractivity contribution in [1.82, 2.24) is 9.97 Å². The molecule has 4 aromatic rings. The molecule has 7 heteroatoms. The monoisotopic (exact) mass is 397 g/mol. The first-order valence-electron chi connectivity index (χ1n) is 9.34. The molecular weight excluding hydrogens is 378 g/mol. The number of hydrogen-bond acceptors (Lipinski definition) is 5. The number of anilines is 4. The van der Waals surface area contributed by atoms with Crippen molar-refractivity contribution in [2.75, 3.05) is 16.0 Å². The number of benzene rings is 2. The Hall–Kier alpha value is -4.26. The summed E-state index contributed by atoms with van der Waals surface area (Å²) in [6.45, 7) is 1.44. The van der Waals surface area contributed by atoms with Gasteiger partial charge in [-0.15, -0.1) is 0 Å². The molecule has 0 saturated carbocycles. The third-order valence-corrected chi connectivity index (χ3v) is 4.41. The van der Waals surface area contributed by atoms with E-state index in [9.17, 15) is 9.59 Å². The predicted octanol–water partition coefficient (Wildman–Crippen LogP) is 4.58. The van der Waals surface area contributed by atoms with Gasteiger partial charge >= 0.3 is 0 Å². The number of hydrogen-bond donors (Lipinski definition) is 3. The first-order chi connectivity index (χ1) is 14.6. The van der Waals surface area contributed by atoms with E-state index in [1.165, 1.54) is 6.92 Å². The van der Waals surface area contributed by atoms with Gasteiger partial charge in [-0.25, -0.2) is 9.97 Å². The molecular formula is C23H19N5O2. The van der Waals surface area contributed by atoms with Crippen molar-refractivity contribution in [3.8, 4) is 0 Å². The molecule has 0 spiro atoms. The van der Waals surface area contributed by atoms with E-state index in [-0.39, 0.29) is 11.8 Å². The summed E-state index contributed by atoms with van der Waals surface area (Å²) in [4.78, 5) is 32.4. The van der Waals surface area contributed by atoms with Crippen molar-refractivity contribution in [3.63, 3.8) is 0 Å². The highest BCUT2D eigenvalue weighted by Crippen LogP contribution is 2.23. The molecule has 30 heavy (non-hydrogen) atoms. The molecule has 0 atom stereocenters. The Morgan fingerprint density at radius 2 is 1.50 bits per heavy atom. The highest BCUT2D eigenvalue weighted by Gasteiger charge is 2.09. The summed E-state index contributed by atoms with van der Waals surface area (Å²) < 4.78 is 0. The van der Waals surface area contributed by atoms with Gasteiger partial charge in [-0.1, -0.05) is 24.3 Å². The van der Waals surface area contributed by atoms with E-state index in [1.807, 2.05) is 30.3 Å². The van der Waals surface area contributed by atoms with Crippen molar-refractivity contribution in [1.29, 1.82) is 0 Å². The number of amides is 2. The molecule has 0 bridgehead atoms. The van der Waals surface area contributed by atoms with Crippen LogP contribution in [0.15, 0.2) is 79.1 Å². The summed E-state index contributed by atoms with van der Waals surface area (Å²) in [5.41, 5.74) is 1.74. The topological polar surface area (TPSA) is 96.0 Å². The molecule has 7 nitrogen and oxygen atoms in total. The fourth-order valence-electron chi connectivity index (χ4n) is 3.02. The minimum Gasteiger partial charge on any atom is -0.326 e. The van der Waals surface area contributed by atoms with Gasteiger partial charge in [0.25, 0.3) is 5.91 Å². The second-order valence-corrected chi connectivity index (χ2v) is 6.65. The van der Waals surface area contributed by atoms with E-state index < -0.39 is 0 Å². The Labute approximate surface area is 173 Å². The summed E-state index contributed by atoms with van der Waals surface area (Å²) in [5.74, 6) is 0.780. The first-order valence-corrected chi connectivity index (χ1v) is 9.34. The van der Waals surface area contributed by atoms with Crippen LogP contribution < -0.4 is 16.0 Å². The number of aromatic nitrogens is 2. The van der Waals surface area contributed by atoms with E-state index >= 15 is 0 Å². The third kappa shape index (κ3) is 4.41. The highest BCUT2D eigenvalue weighted by molar-refractivity contribution is 6.05. The highest BCUT2D eigenvalue weighted by atomic mass is 16.2. The van der Waals surface area contributed by atoms with Gasteiger partial charge < -0.3 is 16.0 Å². The summed E-state index contributed by atoms with van der Waals surface area (Å²) in [6, 6.07) is 20.1. The van der Waals surface area contributed by atoms with Gasteiger partial charge in [0, 0.05) is 41.6 Å². The van der Waals surface area contributed by atoms with Gasteiger partial charge in [0.05, 0.1) is 0 Å². The predicted molar refractivity (Wildman–Crippen MR) is 118 cm³/mol. The van der Waals surface area contributed by atoms with Crippen LogP contribution in [-0.2, 0) is 4.79 Å². The number of fused-ring (bicyclic) bond motifs is 1. The first kappa shape index (κ1) is 19.1. The van der Waals surface area contributed by atoms with Gasteiger partial charge in [-0.3, -0.25) is 9.59 Å². The summed E-state index contributed by atoms with van der Waals surface area (Å²) in [5, 5.41) is 10.7. The lowest BCUT2D eigenvalue weighted by Crippen LogP contribution is -2.12. The van der Waals surface area contributed by atoms with Crippen molar-refractivity contribution >= 4 is 45.6 Å². The maximum absolute atomic E-state index is 12.6. The van der Waals surface area contributed by atoms with Crippen LogP contribution in [0.2, 0.25) is 0 Å². The molecule has 2 aromatic carbocycles. The fourth-order valence-corrected chi connectivity index (χ4v) is 3.02. The molecule has 2 aromatic heterocycles. The molecule has 0 aliphatic carbocycles. The number of rotatable bonds is 5. The lowest BCUT2D eigenvalue weighted by molar-refractivity contribution is -0.114. The van der Waals surface area contributed by atoms with Gasteiger partial charge in [0.1, 0.15) is 11.6 Å². The van der Waals surface area contributed by atoms with Crippen LogP contribution in [0.1, 0.15) is 17.3 Å². The second kappa shape index (κ2) is 8.40. The van der Waals surface area contributed by atoms with Crippen LogP contribution >= 0.6 is 0 Å². The van der Waals surface area contributed by atoms with Gasteiger partial charge in [0.2, 0.25) is 5.91 Å². The average molecular weight is 397 g/mol. The van der Waals surface area contributed by atoms with Crippen molar-refractivity contribution in [2.24, 2.45) is 0 Å². The van der Waals surface area contributed by atoms with Gasteiger partial charge in [-0.05, 0) is 47.9 Å². The van der Waals surface area contributed by atoms with Crippen LogP contribution in [0, 0.1) is 0 Å². The SMILES string of the molecule is CC(=O)Nc1ccc(NC(=O)c2ccnc(Nc3nccc4ccccc34)c2)cc1. The lowest BCUT2D eigenvalue weighted by atomic mass is 10.1. The molecule has 0 aliphatic heterocycles. The van der Waals surface area contributed by atoms with E-state index in [1.54, 1.807) is 48.8 Å². The van der Waals surface area contributed by atoms with Crippen LogP contribution in [0.25, 0.3) is 10.8 Å². The molecule has 148 valence electrons. The largest absolute Gasteiger partial charge is 0.326 e. The zero-order chi connectivity index (χ0) is 20.9. The van der Waals surface area contributed by atoms with Crippen molar-refractivity contribution < 1.29 is 9.59 Å². The maximum atomic E-state index is 12.6. The number of carbonyl (C=O) groups is 2. The third-order valence-electron chi connectivity index (χ3n) is 4.41. The van der Waals surface area contributed by atoms with Gasteiger partial charge in [-0.2, -0.15) is 0 Å². The Morgan fingerprint density at radius 1 is 0.800 bits per heavy atom. The average Bonchev–Trinajstić information content (AvgIpc) is 2.75. The maximum Gasteiger partial charge on any atom is 0.255 e. The number of pyridine rings is 2. The van der Waals surface area contributed by atoms with E-state index in [2.05, 4.69) is 25.9 Å². The molecule has 0 aliphatic rings. The summed E-state index contributed by atoms with van der Waals surface area (Å²) in [7, 11) is 0. The molecule has 0 fully saturated rings. The molecule has 3 N–H and O–H groups in total. The van der Waals surface area contributed by atoms with Crippen molar-refractivity contribution in [2.45, 2.75) is 6.92 Å². The van der Waals surface area contributed by atoms with E-state index in [4.69, 9.17) is 0 Å². The van der Waals surface area contributed by atoms with E-state index in [0.29, 0.717) is 28.6 Å². The Morgan fingerprint density at radius 3 is 2.27 bits per heavy atom. The van der Waals surface area contributed by atoms with Gasteiger partial charge in [0.15, 0.2) is 0 Å². The second-order valence-electron chi connectivity index (χ2n) is 6.65. The quantitative estimate of drug-likeness (QED) is 0.458. The number of nitrogens with one attached hydrogen (secondary N) is 3. The molecule has 2 heterocycles. The standard InChI is InChI=1S/C23H19N5O2/c1-15(29)26-18-6-8-19(9-7-18)27-23(30)17-11-12-24-21(14-17)28-22-20-5-3-2-4-16(20)10-13-25-22/h2-14H,1H3,(H,26,29)(H,27,30)(H,24,25,28). The zero-order valence-corrected chi connectivity index (χ0v) is 16.2. The number of nitrogens with zero attached hydrogens (tertiary/aromatic N) is 2. The van der Waals surface area contributed by atoms with E-state index in [0.717, 1.165) is 10.8 Å². The van der Waals surface area contributed by atoms with Crippen LogP contribution in [0.5, 0.6) is 0 Å². The molecule has 4 rings (SSSR count). The Kier molecular flexibility index (Phi) is 5.34. The summed E-state index contributed by atoms with van der Waals surface area (Å²) in [6.07, 6.45) is 3.30. The number of carbonyl (C=O) groups excluding carboxylic acids is 2. The van der Waals surface area contributed by atoms with Crippen LogP contribution in [-0.4, -0.2) is 21.8 Å².